The number of carbonyl (C=O) groups is 2. The minimum Gasteiger partial charge on any atom is -0.507 e. The molecule has 4 aliphatic rings. The number of piperidine rings is 3. The molecule has 80 heavy (non-hydrogen) atoms. The molecule has 18 nitrogen and oxygen atoms in total. The van der Waals surface area contributed by atoms with Crippen LogP contribution in [0.4, 0.5) is 5.82 Å². The molecule has 0 spiro atoms. The summed E-state index contributed by atoms with van der Waals surface area (Å²) in [5, 5.41) is 52.1. The first kappa shape index (κ1) is 60.6. The molecule has 2 amide bonds. The Labute approximate surface area is 473 Å². The van der Waals surface area contributed by atoms with Crippen molar-refractivity contribution >= 4 is 29.7 Å². The summed E-state index contributed by atoms with van der Waals surface area (Å²) in [6.45, 7) is 16.7. The highest BCUT2D eigenvalue weighted by Gasteiger charge is 2.33. The number of aryl methyl sites for hydroxylation is 1. The number of benzene rings is 2. The van der Waals surface area contributed by atoms with Crippen molar-refractivity contribution in [3.63, 3.8) is 0 Å². The Morgan fingerprint density at radius 3 is 2.24 bits per heavy atom. The van der Waals surface area contributed by atoms with E-state index in [1.807, 2.05) is 40.9 Å². The number of nitrogens with one attached hydrogen (secondary N) is 3. The molecule has 2 aromatic carbocycles. The molecule has 5 aromatic rings. The van der Waals surface area contributed by atoms with Crippen molar-refractivity contribution in [3.05, 3.63) is 113 Å². The number of anilines is 1. The van der Waals surface area contributed by atoms with E-state index in [1.54, 1.807) is 24.4 Å². The minimum absolute atomic E-state index is 0.00314. The van der Waals surface area contributed by atoms with E-state index in [1.165, 1.54) is 68.5 Å². The summed E-state index contributed by atoms with van der Waals surface area (Å²) in [7, 11) is 1.96. The number of para-hydroxylation sites is 1. The van der Waals surface area contributed by atoms with Gasteiger partial charge in [0.05, 0.1) is 40.9 Å². The maximum Gasteiger partial charge on any atom is 0.231 e. The Hall–Kier alpha value is -7.07. The van der Waals surface area contributed by atoms with Crippen LogP contribution < -0.4 is 21.7 Å². The zero-order valence-corrected chi connectivity index (χ0v) is 47.8. The van der Waals surface area contributed by atoms with E-state index in [2.05, 4.69) is 105 Å². The third-order valence-corrected chi connectivity index (χ3v) is 16.7. The van der Waals surface area contributed by atoms with Gasteiger partial charge in [0.1, 0.15) is 17.5 Å². The Kier molecular flexibility index (Phi) is 22.7. The third kappa shape index (κ3) is 17.0. The SMILES string of the molecule is CC(C1CCN(C2CCC2)CC1)n1cc(C#C/C(=C/C(=N)c2ccccc2O)C(=N)N)cn1.CC(CCCCNC(=O)C(c1cc(N2CCC(CN3CCC(O)CC3)CC2)no1)C(C)C)c1ccc(-c2ccnn2C)cc1.NC=O. The zero-order valence-electron chi connectivity index (χ0n) is 47.8. The van der Waals surface area contributed by atoms with Crippen LogP contribution in [0.1, 0.15) is 145 Å². The number of aliphatic hydroxyl groups is 1. The molecular weight excluding hydrogens is 1010 g/mol. The Morgan fingerprint density at radius 2 is 1.61 bits per heavy atom. The molecule has 3 aromatic heterocycles. The number of phenols is 1. The number of primary amides is 1. The number of phenolic OH excluding ortho intramolecular Hbond substituents is 1. The number of nitrogens with zero attached hydrogens (tertiary/aromatic N) is 8. The fraction of sp³-hybridized carbons (Fsp3) is 0.532. The molecule has 6 heterocycles. The summed E-state index contributed by atoms with van der Waals surface area (Å²) in [4.78, 5) is 29.3. The van der Waals surface area contributed by atoms with Gasteiger partial charge in [0.2, 0.25) is 12.3 Å². The van der Waals surface area contributed by atoms with Gasteiger partial charge in [0.25, 0.3) is 0 Å². The van der Waals surface area contributed by atoms with Crippen molar-refractivity contribution in [1.82, 2.24) is 39.8 Å². The fourth-order valence-corrected chi connectivity index (χ4v) is 11.5. The molecule has 4 fully saturated rings. The number of hydrogen-bond donors (Lipinski definition) is 7. The maximum absolute atomic E-state index is 13.3. The van der Waals surface area contributed by atoms with Gasteiger partial charge in [-0.15, -0.1) is 0 Å². The number of unbranched alkanes of at least 4 members (excludes halogenated alkanes) is 1. The number of aromatic hydroxyl groups is 1. The molecule has 9 N–H and O–H groups in total. The van der Waals surface area contributed by atoms with Gasteiger partial charge < -0.3 is 51.6 Å². The molecule has 3 aliphatic heterocycles. The lowest BCUT2D eigenvalue weighted by molar-refractivity contribution is -0.124. The van der Waals surface area contributed by atoms with E-state index < -0.39 is 0 Å². The zero-order chi connectivity index (χ0) is 57.1. The van der Waals surface area contributed by atoms with E-state index in [9.17, 15) is 15.0 Å². The van der Waals surface area contributed by atoms with Crippen molar-refractivity contribution in [1.29, 1.82) is 10.8 Å². The molecule has 0 radical (unpaired) electrons. The largest absolute Gasteiger partial charge is 0.507 e. The standard InChI is InChI=1S/C35H52N6O3.C26H32N6O.CH3NO/c1-25(2)34(32-23-33(38-44-32)41-21-13-27(14-22-41)24-40-19-15-30(42)16-20-40)35(43)36-17-6-5-7-26(3)28-8-10-29(11-9-28)31-12-18-37-39(31)4;1-18(20-11-13-31(14-12-20)22-5-4-6-22)32-17-19(16-30-32)9-10-21(26(28)29)15-24(27)23-7-2-3-8-25(23)33;2-1-3/h8-12,18,23,25-27,30,34,42H,5-7,13-17,19-22,24H2,1-4H3,(H,36,43);2-3,7-8,15-18,20,22,27,33H,4-6,11-14H2,1H3,(H3,28,29);1H,(H2,2,3)/b;21-15-,27-24?;. The highest BCUT2D eigenvalue weighted by Crippen LogP contribution is 2.34. The van der Waals surface area contributed by atoms with Crippen LogP contribution in [0, 0.1) is 40.4 Å². The predicted molar refractivity (Wildman–Crippen MR) is 316 cm³/mol. The number of hydrogen-bond acceptors (Lipinski definition) is 13. The number of amidine groups is 1. The Bertz CT molecular complexity index is 2850. The first-order chi connectivity index (χ1) is 38.6. The van der Waals surface area contributed by atoms with E-state index in [0.29, 0.717) is 41.7 Å². The van der Waals surface area contributed by atoms with Gasteiger partial charge in [-0.05, 0) is 143 Å². The van der Waals surface area contributed by atoms with Crippen LogP contribution in [-0.2, 0) is 16.6 Å². The second-order valence-electron chi connectivity index (χ2n) is 22.6. The van der Waals surface area contributed by atoms with Crippen molar-refractivity contribution < 1.29 is 24.3 Å². The molecule has 18 heteroatoms. The van der Waals surface area contributed by atoms with Crippen LogP contribution in [0.25, 0.3) is 11.3 Å². The smallest absolute Gasteiger partial charge is 0.231 e. The van der Waals surface area contributed by atoms with Crippen LogP contribution >= 0.6 is 0 Å². The quantitative estimate of drug-likeness (QED) is 0.0135. The Balaban J connectivity index is 0.000000228. The van der Waals surface area contributed by atoms with Crippen LogP contribution in [0.3, 0.4) is 0 Å². The van der Waals surface area contributed by atoms with E-state index in [0.717, 1.165) is 101 Å². The molecule has 9 rings (SSSR count). The average Bonchev–Trinajstić information content (AvgIpc) is 4.23. The first-order valence-corrected chi connectivity index (χ1v) is 29.0. The number of amides is 2. The van der Waals surface area contributed by atoms with Gasteiger partial charge in [-0.2, -0.15) is 10.2 Å². The number of nitrogens with two attached hydrogens (primary N) is 2. The van der Waals surface area contributed by atoms with Gasteiger partial charge in [0.15, 0.2) is 11.6 Å². The van der Waals surface area contributed by atoms with Crippen LogP contribution in [0.15, 0.2) is 95.4 Å². The maximum atomic E-state index is 13.3. The lowest BCUT2D eigenvalue weighted by Crippen LogP contribution is -2.45. The van der Waals surface area contributed by atoms with Gasteiger partial charge in [-0.25, -0.2) is 0 Å². The number of allylic oxidation sites excluding steroid dienone is 1. The highest BCUT2D eigenvalue weighted by molar-refractivity contribution is 6.14. The van der Waals surface area contributed by atoms with Gasteiger partial charge in [-0.3, -0.25) is 24.4 Å². The highest BCUT2D eigenvalue weighted by atomic mass is 16.5. The van der Waals surface area contributed by atoms with E-state index in [-0.39, 0.29) is 53.1 Å². The molecule has 430 valence electrons. The number of likely N-dealkylation sites (tertiary alicyclic amines) is 2. The Morgan fingerprint density at radius 1 is 0.912 bits per heavy atom. The monoisotopic (exact) mass is 1090 g/mol. The number of aliphatic hydroxyl groups excluding tert-OH is 1. The number of carbonyl (C=O) groups excluding carboxylic acids is 2. The topological polar surface area (TPSA) is 258 Å². The lowest BCUT2D eigenvalue weighted by atomic mass is 9.85. The summed E-state index contributed by atoms with van der Waals surface area (Å²) in [5.41, 5.74) is 14.9. The van der Waals surface area contributed by atoms with Crippen LogP contribution in [0.2, 0.25) is 0 Å². The number of rotatable bonds is 19. The summed E-state index contributed by atoms with van der Waals surface area (Å²) in [6, 6.07) is 20.5. The summed E-state index contributed by atoms with van der Waals surface area (Å²) in [6.07, 6.45) is 20.7. The molecule has 3 atom stereocenters. The van der Waals surface area contributed by atoms with Gasteiger partial charge in [0, 0.05) is 76.4 Å². The molecule has 3 unspecified atom stereocenters. The van der Waals surface area contributed by atoms with Crippen LogP contribution in [0.5, 0.6) is 5.75 Å². The van der Waals surface area contributed by atoms with E-state index in [4.69, 9.17) is 25.9 Å². The molecule has 1 saturated carbocycles. The molecular formula is C62H87N13O5. The van der Waals surface area contributed by atoms with Gasteiger partial charge in [-0.1, -0.05) is 87.0 Å². The van der Waals surface area contributed by atoms with Gasteiger partial charge >= 0.3 is 0 Å². The van der Waals surface area contributed by atoms with Crippen LogP contribution in [-0.4, -0.2) is 133 Å². The van der Waals surface area contributed by atoms with Crippen molar-refractivity contribution in [2.75, 3.05) is 57.3 Å². The first-order valence-electron chi connectivity index (χ1n) is 29.0. The summed E-state index contributed by atoms with van der Waals surface area (Å²) in [5.74, 6) is 8.74. The lowest BCUT2D eigenvalue weighted by Gasteiger charge is -2.42. The minimum atomic E-state index is -0.347. The molecule has 0 bridgehead atoms. The number of aromatic nitrogens is 5. The fourth-order valence-electron chi connectivity index (χ4n) is 11.5. The second kappa shape index (κ2) is 29.9. The predicted octanol–water partition coefficient (Wildman–Crippen LogP) is 8.38. The van der Waals surface area contributed by atoms with Crippen molar-refractivity contribution in [2.45, 2.75) is 135 Å². The van der Waals surface area contributed by atoms with Crippen molar-refractivity contribution in [2.24, 2.45) is 36.3 Å². The molecule has 3 saturated heterocycles. The normalized spacial score (nSPS) is 18.1. The summed E-state index contributed by atoms with van der Waals surface area (Å²) >= 11 is 0. The van der Waals surface area contributed by atoms with E-state index >= 15 is 0 Å². The third-order valence-electron chi connectivity index (χ3n) is 16.7. The summed E-state index contributed by atoms with van der Waals surface area (Å²) < 4.78 is 9.67. The van der Waals surface area contributed by atoms with Crippen molar-refractivity contribution in [3.8, 4) is 28.8 Å². The average molecular weight is 1090 g/mol. The second-order valence-corrected chi connectivity index (χ2v) is 22.6. The molecule has 1 aliphatic carbocycles.